The molecule has 6 nitrogen and oxygen atoms in total. The lowest BCUT2D eigenvalue weighted by atomic mass is 9.85. The predicted octanol–water partition coefficient (Wildman–Crippen LogP) is 3.32. The monoisotopic (exact) mass is 358 g/mol. The molecule has 4 rings (SSSR count). The number of rotatable bonds is 3. The average Bonchev–Trinajstić information content (AvgIpc) is 3.03. The van der Waals surface area contributed by atoms with Gasteiger partial charge >= 0.3 is 0 Å². The summed E-state index contributed by atoms with van der Waals surface area (Å²) in [7, 11) is 0. The van der Waals surface area contributed by atoms with Gasteiger partial charge in [0, 0.05) is 24.1 Å². The smallest absolute Gasteiger partial charge is 0.177 e. The Morgan fingerprint density at radius 1 is 1.08 bits per heavy atom. The molecule has 3 aromatic rings. The molecule has 2 aromatic heterocycles. The molecule has 1 aromatic carbocycles. The summed E-state index contributed by atoms with van der Waals surface area (Å²) in [6, 6.07) is 5.05. The van der Waals surface area contributed by atoms with Gasteiger partial charge in [-0.05, 0) is 37.8 Å². The van der Waals surface area contributed by atoms with E-state index < -0.39 is 11.6 Å². The maximum absolute atomic E-state index is 14.0. The number of nitrogens with zero attached hydrogens (tertiary/aromatic N) is 3. The fourth-order valence-corrected chi connectivity index (χ4v) is 3.46. The number of benzene rings is 1. The molecule has 0 spiro atoms. The number of nitrogens with two attached hydrogens (primary N) is 2. The number of nitrogen functional groups attached to an aromatic ring is 1. The van der Waals surface area contributed by atoms with Crippen molar-refractivity contribution in [2.45, 2.75) is 37.6 Å². The van der Waals surface area contributed by atoms with E-state index >= 15 is 0 Å². The van der Waals surface area contributed by atoms with Crippen LogP contribution in [-0.4, -0.2) is 20.6 Å². The van der Waals surface area contributed by atoms with Gasteiger partial charge in [-0.25, -0.2) is 18.3 Å². The Morgan fingerprint density at radius 3 is 2.62 bits per heavy atom. The Balaban J connectivity index is 1.71. The normalized spacial score (nSPS) is 20.4. The zero-order valence-corrected chi connectivity index (χ0v) is 14.1. The van der Waals surface area contributed by atoms with E-state index in [1.807, 2.05) is 6.20 Å². The molecule has 1 aliphatic rings. The van der Waals surface area contributed by atoms with Crippen LogP contribution < -0.4 is 16.8 Å². The lowest BCUT2D eigenvalue weighted by Gasteiger charge is -2.24. The third-order valence-electron chi connectivity index (χ3n) is 4.85. The molecule has 0 radical (unpaired) electrons. The van der Waals surface area contributed by atoms with Gasteiger partial charge < -0.3 is 16.8 Å². The van der Waals surface area contributed by atoms with Crippen molar-refractivity contribution in [1.29, 1.82) is 0 Å². The number of halogens is 2. The van der Waals surface area contributed by atoms with Crippen molar-refractivity contribution in [2.24, 2.45) is 5.73 Å². The Kier molecular flexibility index (Phi) is 4.20. The standard InChI is InChI=1S/C18H20F2N6/c19-11-3-6-13(20)14(7-11)23-15-8-17(22)25-26-9-16(24-18(15)26)10-1-4-12(21)5-2-10/h3,6-10,12,23H,1-2,4-5,21H2,(H2,22,25)/t10-,12-. The summed E-state index contributed by atoms with van der Waals surface area (Å²) < 4.78 is 29.0. The van der Waals surface area contributed by atoms with Crippen LogP contribution in [0.25, 0.3) is 5.65 Å². The number of fused-ring (bicyclic) bond motifs is 1. The Labute approximate surface area is 149 Å². The van der Waals surface area contributed by atoms with Crippen LogP contribution >= 0.6 is 0 Å². The SMILES string of the molecule is Nc1cc(Nc2cc(F)ccc2F)c2nc([C@H]3CC[C@H](N)CC3)cn2n1. The van der Waals surface area contributed by atoms with Gasteiger partial charge in [0.25, 0.3) is 0 Å². The molecule has 2 heterocycles. The number of imidazole rings is 1. The number of hydrogen-bond donors (Lipinski definition) is 3. The van der Waals surface area contributed by atoms with Gasteiger partial charge in [0.15, 0.2) is 5.65 Å². The molecule has 0 atom stereocenters. The largest absolute Gasteiger partial charge is 0.382 e. The van der Waals surface area contributed by atoms with Crippen molar-refractivity contribution < 1.29 is 8.78 Å². The predicted molar refractivity (Wildman–Crippen MR) is 96.2 cm³/mol. The molecule has 8 heteroatoms. The van der Waals surface area contributed by atoms with E-state index in [2.05, 4.69) is 15.4 Å². The minimum atomic E-state index is -0.562. The third-order valence-corrected chi connectivity index (χ3v) is 4.85. The maximum atomic E-state index is 14.0. The first-order chi connectivity index (χ1) is 12.5. The zero-order valence-electron chi connectivity index (χ0n) is 14.1. The van der Waals surface area contributed by atoms with Crippen molar-refractivity contribution in [2.75, 3.05) is 11.1 Å². The van der Waals surface area contributed by atoms with Gasteiger partial charge in [0.05, 0.1) is 23.3 Å². The van der Waals surface area contributed by atoms with Crippen LogP contribution in [0.1, 0.15) is 37.3 Å². The van der Waals surface area contributed by atoms with E-state index in [0.717, 1.165) is 49.6 Å². The molecule has 0 amide bonds. The van der Waals surface area contributed by atoms with Crippen LogP contribution in [0.5, 0.6) is 0 Å². The van der Waals surface area contributed by atoms with Crippen molar-refractivity contribution >= 4 is 22.8 Å². The summed E-state index contributed by atoms with van der Waals surface area (Å²) in [6.07, 6.45) is 5.73. The van der Waals surface area contributed by atoms with E-state index in [4.69, 9.17) is 11.5 Å². The zero-order chi connectivity index (χ0) is 18.3. The number of nitrogens with one attached hydrogen (secondary N) is 1. The minimum Gasteiger partial charge on any atom is -0.382 e. The van der Waals surface area contributed by atoms with E-state index in [0.29, 0.717) is 17.3 Å². The minimum absolute atomic E-state index is 0.0192. The van der Waals surface area contributed by atoms with E-state index in [9.17, 15) is 8.78 Å². The van der Waals surface area contributed by atoms with Crippen molar-refractivity contribution in [3.05, 3.63) is 47.8 Å². The highest BCUT2D eigenvalue weighted by atomic mass is 19.1. The van der Waals surface area contributed by atoms with E-state index in [1.165, 1.54) is 0 Å². The second kappa shape index (κ2) is 6.53. The Morgan fingerprint density at radius 2 is 1.85 bits per heavy atom. The lowest BCUT2D eigenvalue weighted by Crippen LogP contribution is -2.25. The topological polar surface area (TPSA) is 94.3 Å². The first kappa shape index (κ1) is 16.7. The summed E-state index contributed by atoms with van der Waals surface area (Å²) >= 11 is 0. The fraction of sp³-hybridized carbons (Fsp3) is 0.333. The van der Waals surface area contributed by atoms with Crippen molar-refractivity contribution in [3.63, 3.8) is 0 Å². The molecule has 5 N–H and O–H groups in total. The molecule has 1 fully saturated rings. The van der Waals surface area contributed by atoms with Gasteiger partial charge in [-0.1, -0.05) is 0 Å². The Hall–Kier alpha value is -2.74. The van der Waals surface area contributed by atoms with Crippen LogP contribution in [0.15, 0.2) is 30.5 Å². The second-order valence-corrected chi connectivity index (χ2v) is 6.78. The molecule has 1 saturated carbocycles. The molecule has 0 aliphatic heterocycles. The number of aromatic nitrogens is 3. The number of hydrogen-bond acceptors (Lipinski definition) is 5. The average molecular weight is 358 g/mol. The molecular formula is C18H20F2N6. The summed E-state index contributed by atoms with van der Waals surface area (Å²) in [4.78, 5) is 4.68. The first-order valence-corrected chi connectivity index (χ1v) is 8.63. The molecule has 0 saturated heterocycles. The van der Waals surface area contributed by atoms with Gasteiger partial charge in [0.2, 0.25) is 0 Å². The molecule has 0 unspecified atom stereocenters. The van der Waals surface area contributed by atoms with Crippen LogP contribution in [0, 0.1) is 11.6 Å². The summed E-state index contributed by atoms with van der Waals surface area (Å²) in [5.74, 6) is -0.523. The van der Waals surface area contributed by atoms with E-state index in [-0.39, 0.29) is 17.5 Å². The van der Waals surface area contributed by atoms with E-state index in [1.54, 1.807) is 10.6 Å². The molecule has 0 bridgehead atoms. The fourth-order valence-electron chi connectivity index (χ4n) is 3.46. The van der Waals surface area contributed by atoms with Gasteiger partial charge in [-0.2, -0.15) is 0 Å². The molecule has 136 valence electrons. The summed E-state index contributed by atoms with van der Waals surface area (Å²) in [5, 5.41) is 7.13. The van der Waals surface area contributed by atoms with Crippen LogP contribution in [0.2, 0.25) is 0 Å². The van der Waals surface area contributed by atoms with Crippen LogP contribution in [0.4, 0.5) is 26.0 Å². The summed E-state index contributed by atoms with van der Waals surface area (Å²) in [6.45, 7) is 0. The first-order valence-electron chi connectivity index (χ1n) is 8.63. The lowest BCUT2D eigenvalue weighted by molar-refractivity contribution is 0.391. The Bertz CT molecular complexity index is 946. The van der Waals surface area contributed by atoms with Crippen molar-refractivity contribution in [1.82, 2.24) is 14.6 Å². The molecule has 26 heavy (non-hydrogen) atoms. The number of anilines is 3. The van der Waals surface area contributed by atoms with Crippen LogP contribution in [0.3, 0.4) is 0 Å². The quantitative estimate of drug-likeness (QED) is 0.668. The van der Waals surface area contributed by atoms with Crippen molar-refractivity contribution in [3.8, 4) is 0 Å². The van der Waals surface area contributed by atoms with Gasteiger partial charge in [0.1, 0.15) is 17.5 Å². The maximum Gasteiger partial charge on any atom is 0.177 e. The van der Waals surface area contributed by atoms with Gasteiger partial charge in [-0.3, -0.25) is 0 Å². The highest BCUT2D eigenvalue weighted by Gasteiger charge is 2.23. The second-order valence-electron chi connectivity index (χ2n) is 6.78. The molecule has 1 aliphatic carbocycles. The summed E-state index contributed by atoms with van der Waals surface area (Å²) in [5.41, 5.74) is 13.8. The highest BCUT2D eigenvalue weighted by molar-refractivity contribution is 5.75. The molecular weight excluding hydrogens is 338 g/mol. The van der Waals surface area contributed by atoms with Crippen LogP contribution in [-0.2, 0) is 0 Å². The van der Waals surface area contributed by atoms with Gasteiger partial charge in [-0.15, -0.1) is 5.10 Å². The highest BCUT2D eigenvalue weighted by Crippen LogP contribution is 2.33. The third kappa shape index (κ3) is 3.20.